The van der Waals surface area contributed by atoms with Crippen LogP contribution in [0.5, 0.6) is 0 Å². The Bertz CT molecular complexity index is 1770. The Balaban J connectivity index is 1.17. The molecule has 7 heteroatoms. The summed E-state index contributed by atoms with van der Waals surface area (Å²) in [4.78, 5) is 16.5. The van der Waals surface area contributed by atoms with E-state index in [2.05, 4.69) is 76.4 Å². The van der Waals surface area contributed by atoms with Crippen LogP contribution < -0.4 is 4.72 Å². The average molecular weight is 715 g/mol. The van der Waals surface area contributed by atoms with Gasteiger partial charge in [-0.05, 0) is 156 Å². The SMILES string of the molecule is COC(=O)c1ccc(C2=CC[C@]3(C)[C@H]4CCC5[C@H]6[C@H](C(C)C)CCC6(CNS(=O)(=O)Cc6ccccn6)CC[C@@]5(C)[C@]4(C)CC[C@H]3C2(C)C)cc1. The van der Waals surface area contributed by atoms with Crippen LogP contribution in [0.1, 0.15) is 128 Å². The fraction of sp³-hybridized carbons (Fsp3) is 0.682. The van der Waals surface area contributed by atoms with E-state index in [1.165, 1.54) is 56.8 Å². The normalized spacial score (nSPS) is 38.5. The molecule has 4 fully saturated rings. The quantitative estimate of drug-likeness (QED) is 0.275. The lowest BCUT2D eigenvalue weighted by Gasteiger charge is -2.72. The van der Waals surface area contributed by atoms with Crippen molar-refractivity contribution in [1.82, 2.24) is 9.71 Å². The standard InChI is InChI=1S/C44H62N2O4S/c1-29(2)33-18-23-44(28-46-51(48,49)27-32-11-9-10-26-45-32)25-24-42(6)35(38(33)44)16-17-37-41(5)21-19-34(30-12-14-31(15-13-30)39(47)50-8)40(3,4)36(41)20-22-43(37,42)7/h9-15,19,26,29,33,35-38,46H,16-18,20-25,27-28H2,1-8H3/t33-,35?,36-,37+,38+,41-,42+,43+,44?/m0/s1. The third-order valence-corrected chi connectivity index (χ3v) is 17.7. The van der Waals surface area contributed by atoms with Crippen molar-refractivity contribution >= 4 is 21.6 Å². The van der Waals surface area contributed by atoms with Gasteiger partial charge in [-0.3, -0.25) is 4.98 Å². The van der Waals surface area contributed by atoms with E-state index >= 15 is 0 Å². The zero-order chi connectivity index (χ0) is 36.6. The number of sulfonamides is 1. The first-order chi connectivity index (χ1) is 24.0. The smallest absolute Gasteiger partial charge is 0.337 e. The van der Waals surface area contributed by atoms with E-state index in [9.17, 15) is 13.2 Å². The molecule has 0 spiro atoms. The van der Waals surface area contributed by atoms with Crippen LogP contribution >= 0.6 is 0 Å². The molecule has 9 atom stereocenters. The number of aromatic nitrogens is 1. The zero-order valence-electron chi connectivity index (χ0n) is 32.4. The molecule has 6 nitrogen and oxygen atoms in total. The molecule has 4 saturated carbocycles. The molecule has 0 aliphatic heterocycles. The first kappa shape index (κ1) is 36.8. The molecule has 7 rings (SSSR count). The van der Waals surface area contributed by atoms with Crippen LogP contribution in [0.4, 0.5) is 0 Å². The maximum atomic E-state index is 13.4. The van der Waals surface area contributed by atoms with Crippen molar-refractivity contribution in [2.24, 2.45) is 62.6 Å². The fourth-order valence-electron chi connectivity index (χ4n) is 13.8. The van der Waals surface area contributed by atoms with Crippen molar-refractivity contribution in [2.45, 2.75) is 112 Å². The Morgan fingerprint density at radius 2 is 1.65 bits per heavy atom. The number of nitrogens with zero attached hydrogens (tertiary/aromatic N) is 1. The van der Waals surface area contributed by atoms with Crippen molar-refractivity contribution in [3.8, 4) is 0 Å². The van der Waals surface area contributed by atoms with Gasteiger partial charge in [0, 0.05) is 12.7 Å². The van der Waals surface area contributed by atoms with Crippen molar-refractivity contribution in [2.75, 3.05) is 13.7 Å². The van der Waals surface area contributed by atoms with Crippen LogP contribution in [-0.2, 0) is 20.5 Å². The number of hydrogen-bond donors (Lipinski definition) is 1. The average Bonchev–Trinajstić information content (AvgIpc) is 3.48. The lowest BCUT2D eigenvalue weighted by Crippen LogP contribution is -2.66. The summed E-state index contributed by atoms with van der Waals surface area (Å²) in [5.41, 5.74) is 4.54. The van der Waals surface area contributed by atoms with E-state index in [4.69, 9.17) is 4.74 Å². The molecule has 0 amide bonds. The van der Waals surface area contributed by atoms with Gasteiger partial charge in [0.15, 0.2) is 0 Å². The van der Waals surface area contributed by atoms with Crippen LogP contribution in [-0.4, -0.2) is 33.0 Å². The van der Waals surface area contributed by atoms with Gasteiger partial charge >= 0.3 is 5.97 Å². The fourth-order valence-corrected chi connectivity index (χ4v) is 15.0. The van der Waals surface area contributed by atoms with Crippen LogP contribution in [0, 0.1) is 62.6 Å². The van der Waals surface area contributed by atoms with Crippen molar-refractivity contribution < 1.29 is 17.9 Å². The minimum Gasteiger partial charge on any atom is -0.465 e. The molecule has 2 unspecified atom stereocenters. The van der Waals surface area contributed by atoms with E-state index in [0.717, 1.165) is 19.3 Å². The molecule has 0 bridgehead atoms. The first-order valence-electron chi connectivity index (χ1n) is 19.8. The highest BCUT2D eigenvalue weighted by Crippen LogP contribution is 2.77. The Morgan fingerprint density at radius 3 is 2.31 bits per heavy atom. The highest BCUT2D eigenvalue weighted by molar-refractivity contribution is 7.88. The van der Waals surface area contributed by atoms with E-state index in [1.807, 2.05) is 24.3 Å². The summed E-state index contributed by atoms with van der Waals surface area (Å²) >= 11 is 0. The summed E-state index contributed by atoms with van der Waals surface area (Å²) < 4.78 is 35.0. The molecule has 2 aromatic rings. The van der Waals surface area contributed by atoms with Gasteiger partial charge in [0.25, 0.3) is 0 Å². The van der Waals surface area contributed by atoms with Gasteiger partial charge in [-0.25, -0.2) is 17.9 Å². The topological polar surface area (TPSA) is 85.4 Å². The number of carbonyl (C=O) groups excluding carboxylic acids is 1. The monoisotopic (exact) mass is 714 g/mol. The van der Waals surface area contributed by atoms with Crippen LogP contribution in [0.3, 0.4) is 0 Å². The number of ether oxygens (including phenoxy) is 1. The van der Waals surface area contributed by atoms with E-state index in [-0.39, 0.29) is 38.8 Å². The third-order valence-electron chi connectivity index (χ3n) is 16.4. The summed E-state index contributed by atoms with van der Waals surface area (Å²) in [6, 6.07) is 13.5. The molecular weight excluding hydrogens is 653 g/mol. The maximum absolute atomic E-state index is 13.4. The highest BCUT2D eigenvalue weighted by Gasteiger charge is 2.70. The van der Waals surface area contributed by atoms with Gasteiger partial charge in [-0.15, -0.1) is 0 Å². The second kappa shape index (κ2) is 12.8. The molecule has 0 radical (unpaired) electrons. The van der Waals surface area contributed by atoms with Crippen LogP contribution in [0.2, 0.25) is 0 Å². The summed E-state index contributed by atoms with van der Waals surface area (Å²) in [6.45, 7) is 18.3. The zero-order valence-corrected chi connectivity index (χ0v) is 33.2. The molecule has 0 saturated heterocycles. The first-order valence-corrected chi connectivity index (χ1v) is 21.4. The van der Waals surface area contributed by atoms with Gasteiger partial charge < -0.3 is 4.74 Å². The third kappa shape index (κ3) is 5.77. The number of allylic oxidation sites excluding steroid dienone is 2. The molecule has 5 aliphatic carbocycles. The molecule has 1 aromatic heterocycles. The van der Waals surface area contributed by atoms with Crippen molar-refractivity contribution in [3.63, 3.8) is 0 Å². The maximum Gasteiger partial charge on any atom is 0.337 e. The highest BCUT2D eigenvalue weighted by atomic mass is 32.2. The number of methoxy groups -OCH3 is 1. The lowest BCUT2D eigenvalue weighted by molar-refractivity contribution is -0.227. The number of esters is 1. The van der Waals surface area contributed by atoms with Gasteiger partial charge in [0.2, 0.25) is 10.0 Å². The number of carbonyl (C=O) groups is 1. The molecule has 5 aliphatic rings. The number of benzene rings is 1. The molecule has 1 N–H and O–H groups in total. The van der Waals surface area contributed by atoms with E-state index in [1.54, 1.807) is 12.3 Å². The van der Waals surface area contributed by atoms with Crippen molar-refractivity contribution in [1.29, 1.82) is 0 Å². The number of hydrogen-bond acceptors (Lipinski definition) is 5. The number of nitrogens with one attached hydrogen (secondary N) is 1. The van der Waals surface area contributed by atoms with Crippen molar-refractivity contribution in [3.05, 3.63) is 71.6 Å². The predicted molar refractivity (Wildman–Crippen MR) is 205 cm³/mol. The Hall–Kier alpha value is -2.51. The number of pyridine rings is 1. The Morgan fingerprint density at radius 1 is 0.902 bits per heavy atom. The van der Waals surface area contributed by atoms with Gasteiger partial charge in [0.05, 0.1) is 18.4 Å². The van der Waals surface area contributed by atoms with Gasteiger partial charge in [-0.1, -0.05) is 72.7 Å². The largest absolute Gasteiger partial charge is 0.465 e. The number of rotatable bonds is 8. The van der Waals surface area contributed by atoms with Crippen LogP contribution in [0.15, 0.2) is 54.7 Å². The van der Waals surface area contributed by atoms with Crippen LogP contribution in [0.25, 0.3) is 5.57 Å². The predicted octanol–water partition coefficient (Wildman–Crippen LogP) is 9.72. The second-order valence-electron chi connectivity index (χ2n) is 19.0. The van der Waals surface area contributed by atoms with Gasteiger partial charge in [0.1, 0.15) is 5.75 Å². The summed E-state index contributed by atoms with van der Waals surface area (Å²) in [6.07, 6.45) is 15.0. The second-order valence-corrected chi connectivity index (χ2v) is 20.8. The molecule has 1 heterocycles. The minimum absolute atomic E-state index is 0.0151. The van der Waals surface area contributed by atoms with E-state index in [0.29, 0.717) is 53.3 Å². The number of fused-ring (bicyclic) bond motifs is 7. The molecule has 1 aromatic carbocycles. The Labute approximate surface area is 308 Å². The van der Waals surface area contributed by atoms with E-state index < -0.39 is 10.0 Å². The lowest BCUT2D eigenvalue weighted by atomic mass is 9.32. The van der Waals surface area contributed by atoms with Gasteiger partial charge in [-0.2, -0.15) is 0 Å². The minimum atomic E-state index is -3.49. The molecular formula is C44H62N2O4S. The Kier molecular flexibility index (Phi) is 9.26. The summed E-state index contributed by atoms with van der Waals surface area (Å²) in [5.74, 6) is 3.24. The molecule has 278 valence electrons. The summed E-state index contributed by atoms with van der Waals surface area (Å²) in [5, 5.41) is 0. The summed E-state index contributed by atoms with van der Waals surface area (Å²) in [7, 11) is -2.06. The molecule has 51 heavy (non-hydrogen) atoms.